The number of aromatic hydroxyl groups is 1. The van der Waals surface area contributed by atoms with E-state index in [1.165, 1.54) is 10.6 Å². The van der Waals surface area contributed by atoms with Gasteiger partial charge in [0, 0.05) is 16.5 Å². The molecule has 0 fully saturated rings. The first kappa shape index (κ1) is 17.6. The van der Waals surface area contributed by atoms with Crippen molar-refractivity contribution in [1.29, 1.82) is 0 Å². The first-order chi connectivity index (χ1) is 13.9. The van der Waals surface area contributed by atoms with Crippen LogP contribution in [0.25, 0.3) is 22.3 Å². The van der Waals surface area contributed by atoms with Gasteiger partial charge in [-0.15, -0.1) is 0 Å². The molecule has 0 bridgehead atoms. The molecule has 2 aliphatic heterocycles. The highest BCUT2D eigenvalue weighted by atomic mass is 16.6. The SMILES string of the molecule is CC[C@]1(O)C(=O)OCc2c1cc1n(c2=O)Cc2cc3c(C=O)c(O)ccc3nc2-1. The minimum atomic E-state index is -1.88. The maximum atomic E-state index is 13.1. The third-order valence-electron chi connectivity index (χ3n) is 5.83. The Bertz CT molecular complexity index is 1310. The van der Waals surface area contributed by atoms with E-state index in [1.54, 1.807) is 25.1 Å². The summed E-state index contributed by atoms with van der Waals surface area (Å²) in [4.78, 5) is 41.3. The molecule has 0 saturated carbocycles. The second kappa shape index (κ2) is 5.74. The highest BCUT2D eigenvalue weighted by molar-refractivity contribution is 6.00. The number of aromatic nitrogens is 2. The van der Waals surface area contributed by atoms with Crippen LogP contribution in [0.1, 0.15) is 40.4 Å². The first-order valence-corrected chi connectivity index (χ1v) is 9.17. The lowest BCUT2D eigenvalue weighted by Crippen LogP contribution is -2.44. The lowest BCUT2D eigenvalue weighted by atomic mass is 9.86. The van der Waals surface area contributed by atoms with Gasteiger partial charge < -0.3 is 19.5 Å². The Morgan fingerprint density at radius 3 is 2.83 bits per heavy atom. The van der Waals surface area contributed by atoms with Crippen LogP contribution in [0.15, 0.2) is 29.1 Å². The minimum absolute atomic E-state index is 0.0711. The molecule has 0 radical (unpaired) electrons. The normalized spacial score (nSPS) is 19.4. The van der Waals surface area contributed by atoms with Crippen LogP contribution in [-0.2, 0) is 28.3 Å². The number of benzene rings is 1. The summed E-state index contributed by atoms with van der Waals surface area (Å²) in [6.45, 7) is 1.69. The quantitative estimate of drug-likeness (QED) is 0.393. The molecule has 8 nitrogen and oxygen atoms in total. The molecule has 0 saturated heterocycles. The smallest absolute Gasteiger partial charge is 0.343 e. The zero-order valence-corrected chi connectivity index (χ0v) is 15.4. The highest BCUT2D eigenvalue weighted by Gasteiger charge is 2.45. The van der Waals surface area contributed by atoms with Crippen LogP contribution < -0.4 is 5.56 Å². The van der Waals surface area contributed by atoms with Gasteiger partial charge >= 0.3 is 5.97 Å². The Hall–Kier alpha value is -3.52. The predicted molar refractivity (Wildman–Crippen MR) is 102 cm³/mol. The van der Waals surface area contributed by atoms with Crippen LogP contribution in [0.3, 0.4) is 0 Å². The number of hydrogen-bond donors (Lipinski definition) is 2. The molecule has 5 rings (SSSR count). The number of ether oxygens (including phenoxy) is 1. The summed E-state index contributed by atoms with van der Waals surface area (Å²) in [5, 5.41) is 21.3. The topological polar surface area (TPSA) is 119 Å². The molecule has 4 heterocycles. The van der Waals surface area contributed by atoms with E-state index in [0.29, 0.717) is 34.1 Å². The number of pyridine rings is 2. The van der Waals surface area contributed by atoms with E-state index < -0.39 is 11.6 Å². The molecular formula is C21H16N2O6. The molecule has 1 aromatic carbocycles. The predicted octanol–water partition coefficient (Wildman–Crippen LogP) is 1.60. The second-order valence-electron chi connectivity index (χ2n) is 7.28. The fraction of sp³-hybridized carbons (Fsp3) is 0.238. The zero-order chi connectivity index (χ0) is 20.5. The number of aliphatic hydroxyl groups is 1. The van der Waals surface area contributed by atoms with Crippen molar-refractivity contribution in [2.45, 2.75) is 32.1 Å². The summed E-state index contributed by atoms with van der Waals surface area (Å²) in [5.74, 6) is -0.909. The van der Waals surface area contributed by atoms with Gasteiger partial charge in [0.25, 0.3) is 5.56 Å². The molecule has 29 heavy (non-hydrogen) atoms. The molecule has 2 N–H and O–H groups in total. The largest absolute Gasteiger partial charge is 0.507 e. The van der Waals surface area contributed by atoms with Crippen LogP contribution in [0.4, 0.5) is 0 Å². The molecule has 146 valence electrons. The van der Waals surface area contributed by atoms with E-state index in [4.69, 9.17) is 4.74 Å². The van der Waals surface area contributed by atoms with Crippen molar-refractivity contribution in [3.8, 4) is 17.1 Å². The molecule has 2 aromatic heterocycles. The Morgan fingerprint density at radius 1 is 1.31 bits per heavy atom. The van der Waals surface area contributed by atoms with Crippen LogP contribution >= 0.6 is 0 Å². The lowest BCUT2D eigenvalue weighted by Gasteiger charge is -2.31. The number of cyclic esters (lactones) is 1. The third-order valence-corrected chi connectivity index (χ3v) is 5.83. The number of esters is 1. The van der Waals surface area contributed by atoms with Crippen molar-refractivity contribution < 1.29 is 24.5 Å². The summed E-state index contributed by atoms with van der Waals surface area (Å²) < 4.78 is 6.57. The average molecular weight is 392 g/mol. The van der Waals surface area contributed by atoms with Gasteiger partial charge in [0.2, 0.25) is 0 Å². The Labute approximate surface area is 164 Å². The maximum Gasteiger partial charge on any atom is 0.343 e. The third kappa shape index (κ3) is 2.17. The number of aldehydes is 1. The Balaban J connectivity index is 1.80. The number of fused-ring (bicyclic) bond motifs is 5. The van der Waals surface area contributed by atoms with Gasteiger partial charge in [0.05, 0.1) is 34.6 Å². The summed E-state index contributed by atoms with van der Waals surface area (Å²) in [6.07, 6.45) is 0.644. The van der Waals surface area contributed by atoms with Crippen LogP contribution in [-0.4, -0.2) is 32.0 Å². The first-order valence-electron chi connectivity index (χ1n) is 9.17. The number of rotatable bonds is 2. The van der Waals surface area contributed by atoms with Crippen molar-refractivity contribution in [2.75, 3.05) is 0 Å². The minimum Gasteiger partial charge on any atom is -0.507 e. The summed E-state index contributed by atoms with van der Waals surface area (Å²) in [6, 6.07) is 6.36. The molecule has 2 aliphatic rings. The molecule has 3 aromatic rings. The van der Waals surface area contributed by atoms with E-state index in [1.807, 2.05) is 0 Å². The highest BCUT2D eigenvalue weighted by Crippen LogP contribution is 2.39. The average Bonchev–Trinajstić information content (AvgIpc) is 3.08. The Kier molecular flexibility index (Phi) is 3.48. The number of hydrogen-bond acceptors (Lipinski definition) is 7. The standard InChI is InChI=1S/C21H16N2O6/c1-2-21(28)14-6-16-18-10(7-23(16)19(26)13(14)9-29-20(21)27)5-11-12(8-24)17(25)4-3-15(11)22-18/h3-6,8,25,28H,2,7,9H2,1H3/t21-/m1/s1. The van der Waals surface area contributed by atoms with Crippen molar-refractivity contribution in [1.82, 2.24) is 9.55 Å². The van der Waals surface area contributed by atoms with Crippen molar-refractivity contribution in [3.05, 3.63) is 56.9 Å². The summed E-state index contributed by atoms with van der Waals surface area (Å²) in [5.41, 5.74) is 0.647. The number of nitrogens with zero attached hydrogens (tertiary/aromatic N) is 2. The fourth-order valence-corrected chi connectivity index (χ4v) is 4.19. The molecule has 0 spiro atoms. The van der Waals surface area contributed by atoms with E-state index in [2.05, 4.69) is 4.98 Å². The lowest BCUT2D eigenvalue weighted by molar-refractivity contribution is -0.172. The van der Waals surface area contributed by atoms with Gasteiger partial charge in [-0.25, -0.2) is 9.78 Å². The second-order valence-corrected chi connectivity index (χ2v) is 7.28. The van der Waals surface area contributed by atoms with E-state index in [-0.39, 0.29) is 47.6 Å². The van der Waals surface area contributed by atoms with Crippen molar-refractivity contribution in [3.63, 3.8) is 0 Å². The molecule has 0 amide bonds. The summed E-state index contributed by atoms with van der Waals surface area (Å²) in [7, 11) is 0. The van der Waals surface area contributed by atoms with Crippen LogP contribution in [0, 0.1) is 0 Å². The van der Waals surface area contributed by atoms with Gasteiger partial charge in [-0.3, -0.25) is 9.59 Å². The van der Waals surface area contributed by atoms with E-state index >= 15 is 0 Å². The van der Waals surface area contributed by atoms with Gasteiger partial charge in [0.15, 0.2) is 11.9 Å². The summed E-state index contributed by atoms with van der Waals surface area (Å²) >= 11 is 0. The molecular weight excluding hydrogens is 376 g/mol. The fourth-order valence-electron chi connectivity index (χ4n) is 4.19. The number of phenolic OH excluding ortho intramolecular Hbond substituents is 1. The zero-order valence-electron chi connectivity index (χ0n) is 15.4. The molecule has 0 aliphatic carbocycles. The number of carbonyl (C=O) groups is 2. The molecule has 8 heteroatoms. The van der Waals surface area contributed by atoms with Gasteiger partial charge in [-0.2, -0.15) is 0 Å². The molecule has 1 atom stereocenters. The monoisotopic (exact) mass is 392 g/mol. The number of carbonyl (C=O) groups excluding carboxylic acids is 2. The van der Waals surface area contributed by atoms with Crippen molar-refractivity contribution in [2.24, 2.45) is 0 Å². The van der Waals surface area contributed by atoms with Gasteiger partial charge in [-0.1, -0.05) is 6.92 Å². The Morgan fingerprint density at radius 2 is 2.10 bits per heavy atom. The molecule has 0 unspecified atom stereocenters. The number of phenols is 1. The van der Waals surface area contributed by atoms with E-state index in [0.717, 1.165) is 0 Å². The van der Waals surface area contributed by atoms with Crippen LogP contribution in [0.5, 0.6) is 5.75 Å². The van der Waals surface area contributed by atoms with Crippen molar-refractivity contribution >= 4 is 23.2 Å². The van der Waals surface area contributed by atoms with Crippen LogP contribution in [0.2, 0.25) is 0 Å². The van der Waals surface area contributed by atoms with Gasteiger partial charge in [-0.05, 0) is 30.7 Å². The van der Waals surface area contributed by atoms with Gasteiger partial charge in [0.1, 0.15) is 12.4 Å². The van der Waals surface area contributed by atoms with E-state index in [9.17, 15) is 24.6 Å². The maximum absolute atomic E-state index is 13.1.